The molecular weight excluding hydrogens is 323 g/mol. The minimum atomic E-state index is -3.90. The molecule has 0 aliphatic rings. The van der Waals surface area contributed by atoms with Crippen molar-refractivity contribution in [2.45, 2.75) is 79.7 Å². The van der Waals surface area contributed by atoms with E-state index in [1.165, 1.54) is 0 Å². The Bertz CT molecular complexity index is 279. The van der Waals surface area contributed by atoms with E-state index < -0.39 is 26.7 Å². The third-order valence-corrected chi connectivity index (χ3v) is 4.28. The smallest absolute Gasteiger partial charge is 0.352 e. The standard InChI is InChI=1S/C15H33O7P/c1-7-13(17-10-4)20-23(16,21-14(8-2)18-11-5)22-15(9-3)19-12-6/h13-15H,7-12H2,1-6H3. The van der Waals surface area contributed by atoms with Crippen LogP contribution in [0.5, 0.6) is 0 Å². The minimum Gasteiger partial charge on any atom is -0.352 e. The van der Waals surface area contributed by atoms with E-state index in [9.17, 15) is 4.57 Å². The van der Waals surface area contributed by atoms with Crippen LogP contribution in [-0.4, -0.2) is 38.7 Å². The van der Waals surface area contributed by atoms with E-state index in [-0.39, 0.29) is 0 Å². The first kappa shape index (κ1) is 23.0. The lowest BCUT2D eigenvalue weighted by Crippen LogP contribution is -2.24. The molecule has 0 aliphatic carbocycles. The predicted octanol–water partition coefficient (Wildman–Crippen LogP) is 4.46. The van der Waals surface area contributed by atoms with Crippen molar-refractivity contribution in [1.29, 1.82) is 0 Å². The van der Waals surface area contributed by atoms with Gasteiger partial charge in [0.1, 0.15) is 0 Å². The average Bonchev–Trinajstić information content (AvgIpc) is 2.53. The molecule has 0 saturated carbocycles. The van der Waals surface area contributed by atoms with Gasteiger partial charge in [-0.1, -0.05) is 20.8 Å². The van der Waals surface area contributed by atoms with Crippen molar-refractivity contribution < 1.29 is 32.3 Å². The van der Waals surface area contributed by atoms with Crippen LogP contribution in [0.4, 0.5) is 0 Å². The highest BCUT2D eigenvalue weighted by atomic mass is 31.2. The molecule has 0 heterocycles. The normalized spacial score (nSPS) is 18.3. The lowest BCUT2D eigenvalue weighted by Gasteiger charge is -2.28. The SMILES string of the molecule is CCOC(CC)OP(=O)(OC(CC)OCC)OC(CC)OCC. The van der Waals surface area contributed by atoms with Crippen LogP contribution in [-0.2, 0) is 32.3 Å². The molecule has 0 N–H and O–H groups in total. The lowest BCUT2D eigenvalue weighted by atomic mass is 10.5. The number of ether oxygens (including phenoxy) is 3. The first-order chi connectivity index (χ1) is 11.0. The van der Waals surface area contributed by atoms with Crippen molar-refractivity contribution in [1.82, 2.24) is 0 Å². The maximum Gasteiger partial charge on any atom is 0.481 e. The van der Waals surface area contributed by atoms with Gasteiger partial charge >= 0.3 is 7.82 Å². The number of phosphoric acid groups is 1. The van der Waals surface area contributed by atoms with Crippen molar-refractivity contribution in [3.8, 4) is 0 Å². The zero-order valence-electron chi connectivity index (χ0n) is 15.3. The fourth-order valence-electron chi connectivity index (χ4n) is 1.73. The highest BCUT2D eigenvalue weighted by Gasteiger charge is 2.37. The molecule has 0 bridgehead atoms. The second kappa shape index (κ2) is 13.3. The van der Waals surface area contributed by atoms with Gasteiger partial charge in [-0.05, 0) is 40.0 Å². The summed E-state index contributed by atoms with van der Waals surface area (Å²) in [6.45, 7) is 12.4. The van der Waals surface area contributed by atoms with Crippen LogP contribution in [0, 0.1) is 0 Å². The summed E-state index contributed by atoms with van der Waals surface area (Å²) in [6, 6.07) is 0. The van der Waals surface area contributed by atoms with Gasteiger partial charge in [-0.3, -0.25) is 13.6 Å². The van der Waals surface area contributed by atoms with Gasteiger partial charge in [0.25, 0.3) is 0 Å². The summed E-state index contributed by atoms with van der Waals surface area (Å²) in [5.74, 6) is 0. The monoisotopic (exact) mass is 356 g/mol. The number of phosphoric ester groups is 1. The van der Waals surface area contributed by atoms with E-state index in [1.807, 2.05) is 41.5 Å². The number of hydrogen-bond acceptors (Lipinski definition) is 7. The largest absolute Gasteiger partial charge is 0.481 e. The summed E-state index contributed by atoms with van der Waals surface area (Å²) >= 11 is 0. The van der Waals surface area contributed by atoms with Crippen molar-refractivity contribution in [2.24, 2.45) is 0 Å². The molecule has 0 saturated heterocycles. The Morgan fingerprint density at radius 1 is 0.609 bits per heavy atom. The van der Waals surface area contributed by atoms with Crippen molar-refractivity contribution in [2.75, 3.05) is 19.8 Å². The van der Waals surface area contributed by atoms with Gasteiger partial charge in [-0.15, -0.1) is 0 Å². The fraction of sp³-hybridized carbons (Fsp3) is 1.00. The van der Waals surface area contributed by atoms with Crippen LogP contribution in [0.3, 0.4) is 0 Å². The maximum atomic E-state index is 13.0. The molecule has 0 aromatic rings. The zero-order chi connectivity index (χ0) is 17.7. The van der Waals surface area contributed by atoms with Gasteiger partial charge in [0.15, 0.2) is 18.9 Å². The molecule has 0 amide bonds. The average molecular weight is 356 g/mol. The Kier molecular flexibility index (Phi) is 13.3. The van der Waals surface area contributed by atoms with Gasteiger partial charge < -0.3 is 14.2 Å². The molecule has 0 aromatic carbocycles. The van der Waals surface area contributed by atoms with Crippen LogP contribution in [0.15, 0.2) is 0 Å². The number of hydrogen-bond donors (Lipinski definition) is 0. The molecular formula is C15H33O7P. The lowest BCUT2D eigenvalue weighted by molar-refractivity contribution is -0.158. The highest BCUT2D eigenvalue weighted by Crippen LogP contribution is 2.54. The van der Waals surface area contributed by atoms with E-state index >= 15 is 0 Å². The van der Waals surface area contributed by atoms with Crippen LogP contribution in [0.25, 0.3) is 0 Å². The van der Waals surface area contributed by atoms with E-state index in [1.54, 1.807) is 0 Å². The van der Waals surface area contributed by atoms with Crippen molar-refractivity contribution in [3.63, 3.8) is 0 Å². The topological polar surface area (TPSA) is 72.5 Å². The molecule has 3 unspecified atom stereocenters. The predicted molar refractivity (Wildman–Crippen MR) is 88.0 cm³/mol. The highest BCUT2D eigenvalue weighted by molar-refractivity contribution is 7.48. The summed E-state index contributed by atoms with van der Waals surface area (Å²) in [7, 11) is -3.90. The van der Waals surface area contributed by atoms with Crippen molar-refractivity contribution >= 4 is 7.82 Å². The molecule has 8 heteroatoms. The molecule has 7 nitrogen and oxygen atoms in total. The Morgan fingerprint density at radius 2 is 0.870 bits per heavy atom. The van der Waals surface area contributed by atoms with Gasteiger partial charge in [-0.25, -0.2) is 4.57 Å². The number of rotatable bonds is 15. The molecule has 23 heavy (non-hydrogen) atoms. The third kappa shape index (κ3) is 9.77. The first-order valence-electron chi connectivity index (χ1n) is 8.48. The fourth-order valence-corrected chi connectivity index (χ4v) is 3.38. The molecule has 3 atom stereocenters. The van der Waals surface area contributed by atoms with Crippen LogP contribution in [0.1, 0.15) is 60.8 Å². The maximum absolute atomic E-state index is 13.0. The van der Waals surface area contributed by atoms with E-state index in [2.05, 4.69) is 0 Å². The third-order valence-electron chi connectivity index (χ3n) is 2.80. The summed E-state index contributed by atoms with van der Waals surface area (Å²) < 4.78 is 45.8. The van der Waals surface area contributed by atoms with Crippen molar-refractivity contribution in [3.05, 3.63) is 0 Å². The van der Waals surface area contributed by atoms with E-state index in [0.29, 0.717) is 39.1 Å². The van der Waals surface area contributed by atoms with Crippen LogP contribution >= 0.6 is 7.82 Å². The van der Waals surface area contributed by atoms with E-state index in [4.69, 9.17) is 27.8 Å². The second-order valence-electron chi connectivity index (χ2n) is 4.64. The first-order valence-corrected chi connectivity index (χ1v) is 9.94. The van der Waals surface area contributed by atoms with E-state index in [0.717, 1.165) is 0 Å². The summed E-state index contributed by atoms with van der Waals surface area (Å²) in [6.07, 6.45) is -0.484. The van der Waals surface area contributed by atoms with Gasteiger partial charge in [0.05, 0.1) is 0 Å². The summed E-state index contributed by atoms with van der Waals surface area (Å²) in [5, 5.41) is 0. The minimum absolute atomic E-state index is 0.434. The molecule has 0 rings (SSSR count). The molecule has 0 aliphatic heterocycles. The van der Waals surface area contributed by atoms with Crippen LogP contribution < -0.4 is 0 Å². The van der Waals surface area contributed by atoms with Gasteiger partial charge in [0, 0.05) is 19.8 Å². The molecule has 0 radical (unpaired) electrons. The van der Waals surface area contributed by atoms with Crippen LogP contribution in [0.2, 0.25) is 0 Å². The molecule has 0 fully saturated rings. The Balaban J connectivity index is 5.10. The molecule has 140 valence electrons. The Hall–Kier alpha value is -0.0100. The Labute approximate surface area is 140 Å². The zero-order valence-corrected chi connectivity index (χ0v) is 16.2. The second-order valence-corrected chi connectivity index (χ2v) is 6.17. The molecule has 0 aromatic heterocycles. The summed E-state index contributed by atoms with van der Waals surface area (Å²) in [5.41, 5.74) is 0. The Morgan fingerprint density at radius 3 is 1.04 bits per heavy atom. The quantitative estimate of drug-likeness (QED) is 0.317. The molecule has 0 spiro atoms. The summed E-state index contributed by atoms with van der Waals surface area (Å²) in [4.78, 5) is 0. The van der Waals surface area contributed by atoms with Gasteiger partial charge in [-0.2, -0.15) is 0 Å². The van der Waals surface area contributed by atoms with Gasteiger partial charge in [0.2, 0.25) is 0 Å².